The lowest BCUT2D eigenvalue weighted by Gasteiger charge is -2.23. The van der Waals surface area contributed by atoms with Crippen LogP contribution in [0.15, 0.2) is 18.2 Å². The molecule has 18 heavy (non-hydrogen) atoms. The molecule has 3 N–H and O–H groups in total. The summed E-state index contributed by atoms with van der Waals surface area (Å²) in [6.45, 7) is 3.49. The number of anilines is 1. The summed E-state index contributed by atoms with van der Waals surface area (Å²) in [5, 5.41) is 3.05. The molecule has 1 saturated heterocycles. The molecule has 1 aromatic carbocycles. The highest BCUT2D eigenvalue weighted by molar-refractivity contribution is 5.95. The molecule has 0 saturated carbocycles. The number of aryl methyl sites for hydroxylation is 1. The number of ether oxygens (including phenoxy) is 1. The Hall–Kier alpha value is -1.55. The predicted octanol–water partition coefficient (Wildman–Crippen LogP) is 1.74. The van der Waals surface area contributed by atoms with Gasteiger partial charge in [-0.2, -0.15) is 0 Å². The summed E-state index contributed by atoms with van der Waals surface area (Å²) < 4.78 is 5.27. The molecule has 1 aliphatic rings. The summed E-state index contributed by atoms with van der Waals surface area (Å²) >= 11 is 0. The third-order valence-electron chi connectivity index (χ3n) is 3.34. The quantitative estimate of drug-likeness (QED) is 0.801. The monoisotopic (exact) mass is 248 g/mol. The molecule has 1 heterocycles. The van der Waals surface area contributed by atoms with E-state index in [-0.39, 0.29) is 11.9 Å². The lowest BCUT2D eigenvalue weighted by atomic mass is 10.0. The van der Waals surface area contributed by atoms with Crippen LogP contribution in [0, 0.1) is 0 Å². The van der Waals surface area contributed by atoms with Gasteiger partial charge in [0.2, 0.25) is 0 Å². The van der Waals surface area contributed by atoms with Gasteiger partial charge in [0, 0.05) is 30.5 Å². The first-order valence-electron chi connectivity index (χ1n) is 6.47. The summed E-state index contributed by atoms with van der Waals surface area (Å²) in [5.41, 5.74) is 8.30. The topological polar surface area (TPSA) is 64.3 Å². The minimum absolute atomic E-state index is 0.0170. The SMILES string of the molecule is CCc1cc(C(=O)NC2CCOCC2)ccc1N. The molecule has 98 valence electrons. The van der Waals surface area contributed by atoms with Crippen molar-refractivity contribution in [1.29, 1.82) is 0 Å². The van der Waals surface area contributed by atoms with Crippen molar-refractivity contribution in [2.45, 2.75) is 32.2 Å². The summed E-state index contributed by atoms with van der Waals surface area (Å²) in [6, 6.07) is 5.69. The maximum Gasteiger partial charge on any atom is 0.251 e. The second kappa shape index (κ2) is 5.87. The van der Waals surface area contributed by atoms with E-state index in [0.29, 0.717) is 5.56 Å². The molecule has 0 aliphatic carbocycles. The van der Waals surface area contributed by atoms with Crippen LogP contribution in [-0.2, 0) is 11.2 Å². The van der Waals surface area contributed by atoms with E-state index >= 15 is 0 Å². The zero-order valence-electron chi connectivity index (χ0n) is 10.7. The molecule has 0 bridgehead atoms. The largest absolute Gasteiger partial charge is 0.399 e. The van der Waals surface area contributed by atoms with Gasteiger partial charge in [-0.3, -0.25) is 4.79 Å². The van der Waals surface area contributed by atoms with Crippen LogP contribution in [0.25, 0.3) is 0 Å². The van der Waals surface area contributed by atoms with Crippen LogP contribution in [-0.4, -0.2) is 25.2 Å². The van der Waals surface area contributed by atoms with Crippen LogP contribution in [0.3, 0.4) is 0 Å². The number of hydrogen-bond acceptors (Lipinski definition) is 3. The molecule has 4 heteroatoms. The van der Waals surface area contributed by atoms with E-state index in [0.717, 1.165) is 43.7 Å². The van der Waals surface area contributed by atoms with E-state index in [9.17, 15) is 4.79 Å². The van der Waals surface area contributed by atoms with E-state index in [1.54, 1.807) is 12.1 Å². The van der Waals surface area contributed by atoms with Crippen LogP contribution in [0.4, 0.5) is 5.69 Å². The number of nitrogen functional groups attached to an aromatic ring is 1. The first-order chi connectivity index (χ1) is 8.70. The van der Waals surface area contributed by atoms with Gasteiger partial charge >= 0.3 is 0 Å². The van der Waals surface area contributed by atoms with Crippen molar-refractivity contribution in [2.75, 3.05) is 18.9 Å². The third-order valence-corrected chi connectivity index (χ3v) is 3.34. The molecular weight excluding hydrogens is 228 g/mol. The fraction of sp³-hybridized carbons (Fsp3) is 0.500. The van der Waals surface area contributed by atoms with E-state index < -0.39 is 0 Å². The molecule has 1 aromatic rings. The number of amides is 1. The number of rotatable bonds is 3. The summed E-state index contributed by atoms with van der Waals surface area (Å²) in [6.07, 6.45) is 2.62. The Morgan fingerprint density at radius 3 is 2.83 bits per heavy atom. The normalized spacial score (nSPS) is 16.5. The van der Waals surface area contributed by atoms with Gasteiger partial charge < -0.3 is 15.8 Å². The molecule has 0 aromatic heterocycles. The number of carbonyl (C=O) groups is 1. The molecule has 4 nitrogen and oxygen atoms in total. The second-order valence-electron chi connectivity index (χ2n) is 4.63. The zero-order valence-corrected chi connectivity index (χ0v) is 10.7. The Morgan fingerprint density at radius 1 is 1.44 bits per heavy atom. The van der Waals surface area contributed by atoms with Crippen LogP contribution in [0.1, 0.15) is 35.7 Å². The Labute approximate surface area is 108 Å². The molecule has 1 aliphatic heterocycles. The van der Waals surface area contributed by atoms with Crippen LogP contribution in [0.2, 0.25) is 0 Å². The lowest BCUT2D eigenvalue weighted by Crippen LogP contribution is -2.38. The number of hydrogen-bond donors (Lipinski definition) is 2. The number of nitrogens with one attached hydrogen (secondary N) is 1. The highest BCUT2D eigenvalue weighted by atomic mass is 16.5. The predicted molar refractivity (Wildman–Crippen MR) is 71.5 cm³/mol. The Morgan fingerprint density at radius 2 is 2.17 bits per heavy atom. The second-order valence-corrected chi connectivity index (χ2v) is 4.63. The summed E-state index contributed by atoms with van der Waals surface area (Å²) in [7, 11) is 0. The zero-order chi connectivity index (χ0) is 13.0. The first-order valence-corrected chi connectivity index (χ1v) is 6.47. The van der Waals surface area contributed by atoms with E-state index in [2.05, 4.69) is 5.32 Å². The Kier molecular flexibility index (Phi) is 4.20. The average Bonchev–Trinajstić information content (AvgIpc) is 2.40. The van der Waals surface area contributed by atoms with Gasteiger partial charge in [-0.1, -0.05) is 6.92 Å². The molecule has 0 atom stereocenters. The van der Waals surface area contributed by atoms with E-state index in [1.807, 2.05) is 13.0 Å². The van der Waals surface area contributed by atoms with Crippen molar-refractivity contribution < 1.29 is 9.53 Å². The van der Waals surface area contributed by atoms with Gasteiger partial charge in [0.1, 0.15) is 0 Å². The number of benzene rings is 1. The maximum absolute atomic E-state index is 12.1. The molecule has 1 fully saturated rings. The fourth-order valence-corrected chi connectivity index (χ4v) is 2.16. The van der Waals surface area contributed by atoms with Gasteiger partial charge in [-0.15, -0.1) is 0 Å². The number of carbonyl (C=O) groups excluding carboxylic acids is 1. The number of nitrogens with two attached hydrogens (primary N) is 1. The van der Waals surface area contributed by atoms with Gasteiger partial charge in [0.15, 0.2) is 0 Å². The summed E-state index contributed by atoms with van der Waals surface area (Å²) in [5.74, 6) is -0.0170. The average molecular weight is 248 g/mol. The smallest absolute Gasteiger partial charge is 0.251 e. The van der Waals surface area contributed by atoms with E-state index in [1.165, 1.54) is 0 Å². The van der Waals surface area contributed by atoms with Crippen molar-refractivity contribution in [1.82, 2.24) is 5.32 Å². The first kappa shape index (κ1) is 12.9. The van der Waals surface area contributed by atoms with E-state index in [4.69, 9.17) is 10.5 Å². The minimum atomic E-state index is -0.0170. The molecular formula is C14H20N2O2. The molecule has 0 spiro atoms. The van der Waals surface area contributed by atoms with Crippen LogP contribution >= 0.6 is 0 Å². The maximum atomic E-state index is 12.1. The van der Waals surface area contributed by atoms with Crippen molar-refractivity contribution in [2.24, 2.45) is 0 Å². The molecule has 2 rings (SSSR count). The van der Waals surface area contributed by atoms with Gasteiger partial charge in [0.05, 0.1) is 0 Å². The highest BCUT2D eigenvalue weighted by Crippen LogP contribution is 2.15. The van der Waals surface area contributed by atoms with Crippen molar-refractivity contribution in [3.05, 3.63) is 29.3 Å². The van der Waals surface area contributed by atoms with Crippen molar-refractivity contribution in [3.8, 4) is 0 Å². The van der Waals surface area contributed by atoms with Crippen molar-refractivity contribution in [3.63, 3.8) is 0 Å². The fourth-order valence-electron chi connectivity index (χ4n) is 2.16. The molecule has 0 radical (unpaired) electrons. The minimum Gasteiger partial charge on any atom is -0.399 e. The van der Waals surface area contributed by atoms with Gasteiger partial charge in [0.25, 0.3) is 5.91 Å². The Balaban J connectivity index is 2.03. The highest BCUT2D eigenvalue weighted by Gasteiger charge is 2.17. The molecule has 1 amide bonds. The van der Waals surface area contributed by atoms with Crippen molar-refractivity contribution >= 4 is 11.6 Å². The van der Waals surface area contributed by atoms with Crippen LogP contribution in [0.5, 0.6) is 0 Å². The standard InChI is InChI=1S/C14H20N2O2/c1-2-10-9-11(3-4-13(10)15)14(17)16-12-5-7-18-8-6-12/h3-4,9,12H,2,5-8,15H2,1H3,(H,16,17). The van der Waals surface area contributed by atoms with Gasteiger partial charge in [-0.25, -0.2) is 0 Å². The summed E-state index contributed by atoms with van der Waals surface area (Å²) in [4.78, 5) is 12.1. The van der Waals surface area contributed by atoms with Gasteiger partial charge in [-0.05, 0) is 43.0 Å². The molecule has 0 unspecified atom stereocenters. The lowest BCUT2D eigenvalue weighted by molar-refractivity contribution is 0.0696. The van der Waals surface area contributed by atoms with Crippen LogP contribution < -0.4 is 11.1 Å². The Bertz CT molecular complexity index is 426. The third kappa shape index (κ3) is 3.01.